The highest BCUT2D eigenvalue weighted by molar-refractivity contribution is 5.90. The fraction of sp³-hybridized carbons (Fsp3) is 0.545. The molecule has 0 aromatic carbocycles. The van der Waals surface area contributed by atoms with Gasteiger partial charge < -0.3 is 4.74 Å². The lowest BCUT2D eigenvalue weighted by Gasteiger charge is -2.14. The Kier molecular flexibility index (Phi) is 3.29. The first kappa shape index (κ1) is 10.0. The van der Waals surface area contributed by atoms with E-state index >= 15 is 0 Å². The molecule has 1 aliphatic heterocycles. The molecule has 2 nitrogen and oxygen atoms in total. The molecule has 1 heterocycles. The van der Waals surface area contributed by atoms with Crippen LogP contribution in [0.4, 0.5) is 0 Å². The number of hydrogen-bond acceptors (Lipinski definition) is 2. The molecule has 0 bridgehead atoms. The van der Waals surface area contributed by atoms with Crippen molar-refractivity contribution in [3.05, 3.63) is 24.8 Å². The van der Waals surface area contributed by atoms with E-state index in [1.165, 1.54) is 0 Å². The lowest BCUT2D eigenvalue weighted by atomic mass is 9.91. The maximum atomic E-state index is 11.2. The predicted molar refractivity (Wildman–Crippen MR) is 52.2 cm³/mol. The molecule has 0 spiro atoms. The molecular weight excluding hydrogens is 164 g/mol. The highest BCUT2D eigenvalue weighted by Crippen LogP contribution is 2.32. The standard InChI is InChI=1S/C11H16O2/c1-4-6-7-9-8(3)11(12)13-10(9)5-2/h4,9-10H,1,3,5-7H2,2H3/t9?,10-/m0/s1. The van der Waals surface area contributed by atoms with Crippen LogP contribution in [-0.2, 0) is 9.53 Å². The average Bonchev–Trinajstić information content (AvgIpc) is 2.40. The van der Waals surface area contributed by atoms with Gasteiger partial charge in [-0.1, -0.05) is 19.6 Å². The van der Waals surface area contributed by atoms with Gasteiger partial charge in [-0.25, -0.2) is 4.79 Å². The summed E-state index contributed by atoms with van der Waals surface area (Å²) in [6.07, 6.45) is 4.61. The van der Waals surface area contributed by atoms with Gasteiger partial charge in [0.1, 0.15) is 6.10 Å². The fourth-order valence-electron chi connectivity index (χ4n) is 1.70. The van der Waals surface area contributed by atoms with Crippen molar-refractivity contribution in [2.75, 3.05) is 0 Å². The van der Waals surface area contributed by atoms with Gasteiger partial charge >= 0.3 is 5.97 Å². The van der Waals surface area contributed by atoms with Crippen LogP contribution in [0.5, 0.6) is 0 Å². The van der Waals surface area contributed by atoms with Gasteiger partial charge in [-0.05, 0) is 19.3 Å². The molecule has 13 heavy (non-hydrogen) atoms. The average molecular weight is 180 g/mol. The molecule has 1 fully saturated rings. The Labute approximate surface area is 79.3 Å². The van der Waals surface area contributed by atoms with E-state index in [4.69, 9.17) is 4.74 Å². The molecule has 0 aromatic rings. The topological polar surface area (TPSA) is 26.3 Å². The van der Waals surface area contributed by atoms with Crippen molar-refractivity contribution >= 4 is 5.97 Å². The Morgan fingerprint density at radius 3 is 2.85 bits per heavy atom. The first-order chi connectivity index (χ1) is 6.20. The first-order valence-corrected chi connectivity index (χ1v) is 4.71. The smallest absolute Gasteiger partial charge is 0.334 e. The summed E-state index contributed by atoms with van der Waals surface area (Å²) in [5.41, 5.74) is 0.633. The molecule has 0 saturated carbocycles. The third-order valence-electron chi connectivity index (χ3n) is 2.50. The van der Waals surface area contributed by atoms with Crippen molar-refractivity contribution in [1.29, 1.82) is 0 Å². The molecule has 2 heteroatoms. The Bertz CT molecular complexity index is 230. The zero-order valence-electron chi connectivity index (χ0n) is 8.08. The summed E-state index contributed by atoms with van der Waals surface area (Å²) in [5.74, 6) is -0.0172. The van der Waals surface area contributed by atoms with Crippen molar-refractivity contribution in [3.8, 4) is 0 Å². The van der Waals surface area contributed by atoms with Crippen LogP contribution < -0.4 is 0 Å². The Hall–Kier alpha value is -1.05. The third kappa shape index (κ3) is 2.00. The Morgan fingerprint density at radius 1 is 1.62 bits per heavy atom. The zero-order chi connectivity index (χ0) is 9.84. The maximum Gasteiger partial charge on any atom is 0.334 e. The molecule has 0 N–H and O–H groups in total. The van der Waals surface area contributed by atoms with Gasteiger partial charge in [0, 0.05) is 11.5 Å². The summed E-state index contributed by atoms with van der Waals surface area (Å²) < 4.78 is 5.16. The van der Waals surface area contributed by atoms with Crippen molar-refractivity contribution in [1.82, 2.24) is 0 Å². The van der Waals surface area contributed by atoms with Gasteiger partial charge in [0.2, 0.25) is 0 Å². The van der Waals surface area contributed by atoms with Crippen LogP contribution in [0.15, 0.2) is 24.8 Å². The molecule has 1 unspecified atom stereocenters. The molecular formula is C11H16O2. The van der Waals surface area contributed by atoms with Crippen molar-refractivity contribution in [3.63, 3.8) is 0 Å². The lowest BCUT2D eigenvalue weighted by Crippen LogP contribution is -2.15. The number of esters is 1. The van der Waals surface area contributed by atoms with Crippen LogP contribution in [0, 0.1) is 5.92 Å². The Balaban J connectivity index is 2.62. The Morgan fingerprint density at radius 2 is 2.31 bits per heavy atom. The molecule has 0 aromatic heterocycles. The largest absolute Gasteiger partial charge is 0.458 e. The highest BCUT2D eigenvalue weighted by atomic mass is 16.6. The quantitative estimate of drug-likeness (QED) is 0.377. The third-order valence-corrected chi connectivity index (χ3v) is 2.50. The van der Waals surface area contributed by atoms with E-state index < -0.39 is 0 Å². The van der Waals surface area contributed by atoms with Crippen molar-refractivity contribution in [2.24, 2.45) is 5.92 Å². The van der Waals surface area contributed by atoms with E-state index in [-0.39, 0.29) is 18.0 Å². The molecule has 0 radical (unpaired) electrons. The van der Waals surface area contributed by atoms with Crippen molar-refractivity contribution < 1.29 is 9.53 Å². The number of hydrogen-bond donors (Lipinski definition) is 0. The second kappa shape index (κ2) is 4.26. The highest BCUT2D eigenvalue weighted by Gasteiger charge is 2.36. The summed E-state index contributed by atoms with van der Waals surface area (Å²) in [6.45, 7) is 9.45. The second-order valence-corrected chi connectivity index (χ2v) is 3.35. The van der Waals surface area contributed by atoms with E-state index in [0.717, 1.165) is 19.3 Å². The molecule has 1 aliphatic rings. The monoisotopic (exact) mass is 180 g/mol. The van der Waals surface area contributed by atoms with Crippen LogP contribution in [0.2, 0.25) is 0 Å². The molecule has 2 atom stereocenters. The van der Waals surface area contributed by atoms with E-state index in [0.29, 0.717) is 5.57 Å². The minimum atomic E-state index is -0.221. The first-order valence-electron chi connectivity index (χ1n) is 4.71. The molecule has 0 aliphatic carbocycles. The van der Waals surface area contributed by atoms with Gasteiger partial charge in [0.15, 0.2) is 0 Å². The predicted octanol–water partition coefficient (Wildman–Crippen LogP) is 2.46. The van der Waals surface area contributed by atoms with Gasteiger partial charge in [-0.15, -0.1) is 6.58 Å². The van der Waals surface area contributed by atoms with E-state index in [1.54, 1.807) is 0 Å². The van der Waals surface area contributed by atoms with E-state index in [9.17, 15) is 4.79 Å². The van der Waals surface area contributed by atoms with Gasteiger partial charge in [0.05, 0.1) is 0 Å². The summed E-state index contributed by atoms with van der Waals surface area (Å²) in [7, 11) is 0. The number of allylic oxidation sites excluding steroid dienone is 1. The minimum absolute atomic E-state index is 0.0416. The van der Waals surface area contributed by atoms with E-state index in [2.05, 4.69) is 13.2 Å². The summed E-state index contributed by atoms with van der Waals surface area (Å²) in [6, 6.07) is 0. The molecule has 72 valence electrons. The van der Waals surface area contributed by atoms with Crippen LogP contribution in [-0.4, -0.2) is 12.1 Å². The normalized spacial score (nSPS) is 27.5. The number of rotatable bonds is 4. The lowest BCUT2D eigenvalue weighted by molar-refractivity contribution is -0.139. The van der Waals surface area contributed by atoms with Crippen LogP contribution >= 0.6 is 0 Å². The van der Waals surface area contributed by atoms with Gasteiger partial charge in [-0.3, -0.25) is 0 Å². The molecule has 1 rings (SSSR count). The van der Waals surface area contributed by atoms with Crippen LogP contribution in [0.1, 0.15) is 26.2 Å². The minimum Gasteiger partial charge on any atom is -0.458 e. The number of carbonyl (C=O) groups excluding carboxylic acids is 1. The SMILES string of the molecule is C=CCCC1C(=C)C(=O)O[C@H]1CC. The van der Waals surface area contributed by atoms with Crippen LogP contribution in [0.25, 0.3) is 0 Å². The van der Waals surface area contributed by atoms with Crippen LogP contribution in [0.3, 0.4) is 0 Å². The van der Waals surface area contributed by atoms with Gasteiger partial charge in [-0.2, -0.15) is 0 Å². The van der Waals surface area contributed by atoms with Gasteiger partial charge in [0.25, 0.3) is 0 Å². The number of ether oxygens (including phenoxy) is 1. The zero-order valence-corrected chi connectivity index (χ0v) is 8.08. The summed E-state index contributed by atoms with van der Waals surface area (Å²) >= 11 is 0. The van der Waals surface area contributed by atoms with Crippen molar-refractivity contribution in [2.45, 2.75) is 32.3 Å². The number of carbonyl (C=O) groups is 1. The summed E-state index contributed by atoms with van der Waals surface area (Å²) in [4.78, 5) is 11.2. The number of cyclic esters (lactones) is 1. The van der Waals surface area contributed by atoms with E-state index in [1.807, 2.05) is 13.0 Å². The maximum absolute atomic E-state index is 11.2. The molecule has 1 saturated heterocycles. The second-order valence-electron chi connectivity index (χ2n) is 3.35. The summed E-state index contributed by atoms with van der Waals surface area (Å²) in [5, 5.41) is 0. The molecule has 0 amide bonds. The fourth-order valence-corrected chi connectivity index (χ4v) is 1.70.